The third-order valence-electron chi connectivity index (χ3n) is 23.9. The molecule has 1 amide bonds. The molecule has 3 fully saturated rings. The normalized spacial score (nSPS) is 18.3. The fourth-order valence-corrected chi connectivity index (χ4v) is 17.3. The van der Waals surface area contributed by atoms with E-state index in [1.165, 1.54) is 56.7 Å². The van der Waals surface area contributed by atoms with Crippen molar-refractivity contribution in [1.82, 2.24) is 21.3 Å². The number of hydrogen-bond acceptors (Lipinski definition) is 21. The van der Waals surface area contributed by atoms with Gasteiger partial charge in [-0.3, -0.25) is 4.79 Å². The second kappa shape index (κ2) is 54.5. The highest BCUT2D eigenvalue weighted by atomic mass is 16.5. The number of benzene rings is 10. The van der Waals surface area contributed by atoms with Gasteiger partial charge in [0, 0.05) is 131 Å². The van der Waals surface area contributed by atoms with Gasteiger partial charge < -0.3 is 103 Å². The highest BCUT2D eigenvalue weighted by Gasteiger charge is 2.37. The second-order valence-electron chi connectivity index (χ2n) is 33.1. The first-order valence-corrected chi connectivity index (χ1v) is 45.5. The summed E-state index contributed by atoms with van der Waals surface area (Å²) in [6, 6.07) is 77.2. The number of methoxy groups -OCH3 is 4. The second-order valence-corrected chi connectivity index (χ2v) is 33.1. The summed E-state index contributed by atoms with van der Waals surface area (Å²) in [5.41, 5.74) is 15.8. The van der Waals surface area contributed by atoms with E-state index in [0.29, 0.717) is 111 Å². The SMILES string of the molecule is C.C.CC(=O)NCCN1CCCc2ccc(CO[C@H]3CNCC[C@@H]3c3ccc(OCCCOCc4ccccc4)cc3)cc21.COC[C@@H](O)CO[C@@H]1CNC[C@H](OCc2cc(OC)c3ccccc3c2)[C@H]1c1ccc(OCCCOCc2ccccc2OC)cc1.COc1ccccc1COCCCOc1ccc([C@H]2CCNC[C@@H]2OCc2ccc3c(c2)NCCC3)cc1. The third kappa shape index (κ3) is 31.0. The quantitative estimate of drug-likeness (QED) is 0.0195. The molecule has 3 saturated heterocycles. The van der Waals surface area contributed by atoms with Gasteiger partial charge in [-0.25, -0.2) is 0 Å². The van der Waals surface area contributed by atoms with E-state index in [1.807, 2.05) is 97.1 Å². The van der Waals surface area contributed by atoms with E-state index in [4.69, 9.17) is 66.3 Å². The zero-order valence-corrected chi connectivity index (χ0v) is 74.8. The average molecular weight is 1770 g/mol. The molecule has 0 unspecified atom stereocenters. The van der Waals surface area contributed by atoms with Crippen molar-refractivity contribution in [3.8, 4) is 34.5 Å². The van der Waals surface area contributed by atoms with Crippen molar-refractivity contribution in [2.45, 2.75) is 167 Å². The lowest BCUT2D eigenvalue weighted by Gasteiger charge is -2.39. The fourth-order valence-electron chi connectivity index (χ4n) is 17.3. The predicted molar refractivity (Wildman–Crippen MR) is 513 cm³/mol. The number of hydrogen-bond donors (Lipinski definition) is 6. The van der Waals surface area contributed by atoms with Crippen LogP contribution in [0.5, 0.6) is 34.5 Å². The molecule has 129 heavy (non-hydrogen) atoms. The van der Waals surface area contributed by atoms with Crippen molar-refractivity contribution >= 4 is 28.1 Å². The van der Waals surface area contributed by atoms with Crippen LogP contribution in [0.1, 0.15) is 146 Å². The van der Waals surface area contributed by atoms with E-state index in [9.17, 15) is 9.90 Å². The molecule has 6 N–H and O–H groups in total. The Hall–Kier alpha value is -10.2. The summed E-state index contributed by atoms with van der Waals surface area (Å²) in [6.07, 6.45) is 8.36. The molecule has 10 aromatic carbocycles. The predicted octanol–water partition coefficient (Wildman–Crippen LogP) is 17.7. The summed E-state index contributed by atoms with van der Waals surface area (Å²) in [5.74, 6) is 5.78. The van der Waals surface area contributed by atoms with Crippen molar-refractivity contribution in [2.75, 3.05) is 157 Å². The molecular weight excluding hydrogens is 1630 g/mol. The number of aliphatic hydroxyl groups excluding tert-OH is 1. The number of carbonyl (C=O) groups excluding carboxylic acids is 1. The van der Waals surface area contributed by atoms with Crippen LogP contribution in [0.25, 0.3) is 10.8 Å². The molecule has 0 bridgehead atoms. The van der Waals surface area contributed by atoms with Gasteiger partial charge >= 0.3 is 0 Å². The number of anilines is 2. The molecule has 5 aliphatic rings. The van der Waals surface area contributed by atoms with Gasteiger partial charge in [-0.15, -0.1) is 0 Å². The minimum Gasteiger partial charge on any atom is -0.496 e. The van der Waals surface area contributed by atoms with Crippen LogP contribution in [-0.2, 0) is 95.2 Å². The third-order valence-corrected chi connectivity index (χ3v) is 23.9. The van der Waals surface area contributed by atoms with Gasteiger partial charge in [0.1, 0.15) is 40.6 Å². The van der Waals surface area contributed by atoms with Crippen molar-refractivity contribution in [2.24, 2.45) is 0 Å². The van der Waals surface area contributed by atoms with Crippen molar-refractivity contribution in [3.63, 3.8) is 0 Å². The van der Waals surface area contributed by atoms with Crippen LogP contribution in [0.15, 0.2) is 224 Å². The largest absolute Gasteiger partial charge is 0.496 e. The van der Waals surface area contributed by atoms with Gasteiger partial charge in [-0.05, 0) is 180 Å². The molecule has 22 heteroatoms. The van der Waals surface area contributed by atoms with Crippen LogP contribution in [0.2, 0.25) is 0 Å². The Morgan fingerprint density at radius 3 is 1.53 bits per heavy atom. The van der Waals surface area contributed by atoms with Crippen LogP contribution >= 0.6 is 0 Å². The van der Waals surface area contributed by atoms with E-state index in [0.717, 1.165) is 165 Å². The summed E-state index contributed by atoms with van der Waals surface area (Å²) in [5, 5.41) is 29.4. The maximum Gasteiger partial charge on any atom is 0.216 e. The van der Waals surface area contributed by atoms with Crippen LogP contribution in [0, 0.1) is 0 Å². The first-order valence-electron chi connectivity index (χ1n) is 45.5. The number of piperidine rings is 3. The van der Waals surface area contributed by atoms with Gasteiger partial charge in [0.15, 0.2) is 0 Å². The topological polar surface area (TPSA) is 230 Å². The smallest absolute Gasteiger partial charge is 0.216 e. The Labute approximate surface area is 766 Å². The Kier molecular flexibility index (Phi) is 42.0. The van der Waals surface area contributed by atoms with Crippen LogP contribution in [0.3, 0.4) is 0 Å². The van der Waals surface area contributed by atoms with Gasteiger partial charge in [-0.1, -0.05) is 167 Å². The lowest BCUT2D eigenvalue weighted by molar-refractivity contribution is -0.118. The highest BCUT2D eigenvalue weighted by molar-refractivity contribution is 5.89. The number of para-hydroxylation sites is 2. The standard InChI is InChI=1S/C38H47NO8.C35H45N3O4.C32H40N2O4.2CH4/c1-41-25-31(40)26-47-37-22-39-21-36(46-23-27-19-29-9-4-6-11-33(29)35(20-27)43-3)38(37)28-13-15-32(16-14-28)45-18-8-17-44-24-30-10-5-7-12-34(30)42-2;1-27(39)37-18-20-38-19-5-9-31-11-10-29(23-34(31)38)26-42-35-24-36-17-16-33(35)30-12-14-32(15-13-30)41-22-6-21-40-25-28-7-3-2-4-8-28;1-35-31-8-3-2-6-27(31)23-36-18-5-19-37-28-13-11-25(12-14-28)29-15-17-33-21-32(29)38-22-24-9-10-26-7-4-16-34-30(26)20-24;;/h4-7,9-16,19-20,31,36-40H,8,17-18,21-26H2,1-3H3;2-4,7-8,10-15,23,33,35-36H,5-6,9,16-22,24-26H2,1H3,(H,37,39);2-3,6,8-14,20,29,32-34H,4-5,7,15-19,21-23H2,1H3;2*1H4/t31-,36+,37-,38-;33-,35+;29-,32+;;/m111../s1. The number of amides is 1. The van der Waals surface area contributed by atoms with Gasteiger partial charge in [0.2, 0.25) is 5.91 Å². The molecular formula is C107H140N6O16. The first kappa shape index (κ1) is 99.4. The Balaban J connectivity index is 0.000000187. The molecule has 10 aromatic rings. The zero-order valence-electron chi connectivity index (χ0n) is 74.8. The number of aliphatic hydroxyl groups is 1. The number of fused-ring (bicyclic) bond motifs is 3. The summed E-state index contributed by atoms with van der Waals surface area (Å²) in [4.78, 5) is 13.7. The van der Waals surface area contributed by atoms with Crippen molar-refractivity contribution < 1.29 is 76.2 Å². The molecule has 8 atom stereocenters. The first-order chi connectivity index (χ1) is 62.5. The van der Waals surface area contributed by atoms with Crippen molar-refractivity contribution in [3.05, 3.63) is 286 Å². The number of nitrogens with zero attached hydrogens (tertiary/aromatic N) is 1. The molecule has 22 nitrogen and oxygen atoms in total. The minimum absolute atomic E-state index is 0. The zero-order chi connectivity index (χ0) is 87.8. The van der Waals surface area contributed by atoms with Crippen LogP contribution in [0.4, 0.5) is 11.4 Å². The molecule has 5 aliphatic heterocycles. The Morgan fingerprint density at radius 2 is 0.953 bits per heavy atom. The van der Waals surface area contributed by atoms with E-state index in [-0.39, 0.29) is 64.3 Å². The minimum atomic E-state index is -0.707. The summed E-state index contributed by atoms with van der Waals surface area (Å²) < 4.78 is 82.8. The van der Waals surface area contributed by atoms with E-state index < -0.39 is 6.10 Å². The van der Waals surface area contributed by atoms with Gasteiger partial charge in [0.05, 0.1) is 138 Å². The number of rotatable bonds is 44. The van der Waals surface area contributed by atoms with E-state index >= 15 is 0 Å². The van der Waals surface area contributed by atoms with Gasteiger partial charge in [0.25, 0.3) is 0 Å². The molecule has 5 heterocycles. The van der Waals surface area contributed by atoms with Crippen LogP contribution in [-0.4, -0.2) is 188 Å². The summed E-state index contributed by atoms with van der Waals surface area (Å²) in [7, 11) is 6.61. The molecule has 0 radical (unpaired) electrons. The Bertz CT molecular complexity index is 4880. The molecule has 0 saturated carbocycles. The fraction of sp³-hybridized carbons (Fsp3) is 0.449. The molecule has 0 spiro atoms. The average Bonchev–Trinajstić information content (AvgIpc) is 0.810. The van der Waals surface area contributed by atoms with Gasteiger partial charge in [-0.2, -0.15) is 0 Å². The summed E-state index contributed by atoms with van der Waals surface area (Å²) in [6.45, 7) is 17.6. The number of ether oxygens (including phenoxy) is 14. The molecule has 694 valence electrons. The Morgan fingerprint density at radius 1 is 0.450 bits per heavy atom. The molecule has 0 aliphatic carbocycles. The van der Waals surface area contributed by atoms with Crippen LogP contribution < -0.4 is 59.9 Å². The van der Waals surface area contributed by atoms with E-state index in [2.05, 4.69) is 159 Å². The number of carbonyl (C=O) groups is 1. The number of nitrogens with one attached hydrogen (secondary N) is 5. The summed E-state index contributed by atoms with van der Waals surface area (Å²) >= 11 is 0. The van der Waals surface area contributed by atoms with E-state index in [1.54, 1.807) is 35.4 Å². The lowest BCUT2D eigenvalue weighted by Crippen LogP contribution is -2.51. The van der Waals surface area contributed by atoms with Crippen molar-refractivity contribution in [1.29, 1.82) is 0 Å². The molecule has 15 rings (SSSR count). The number of aryl methyl sites for hydroxylation is 2. The monoisotopic (exact) mass is 1770 g/mol. The lowest BCUT2D eigenvalue weighted by atomic mass is 9.85. The maximum atomic E-state index is 11.3. The highest BCUT2D eigenvalue weighted by Crippen LogP contribution is 2.38. The molecule has 0 aromatic heterocycles. The maximum absolute atomic E-state index is 11.3.